The maximum absolute atomic E-state index is 12.2. The van der Waals surface area contributed by atoms with Crippen molar-refractivity contribution in [1.82, 2.24) is 5.32 Å². The Labute approximate surface area is 121 Å². The number of amides is 1. The second-order valence-corrected chi connectivity index (χ2v) is 6.48. The molecule has 2 rings (SSSR count). The topological polar surface area (TPSA) is 29.1 Å². The van der Waals surface area contributed by atoms with Crippen molar-refractivity contribution in [3.05, 3.63) is 48.0 Å². The predicted octanol–water partition coefficient (Wildman–Crippen LogP) is 3.93. The van der Waals surface area contributed by atoms with Gasteiger partial charge in [0.1, 0.15) is 0 Å². The summed E-state index contributed by atoms with van der Waals surface area (Å²) in [5, 5.41) is 5.52. The highest BCUT2D eigenvalue weighted by Crippen LogP contribution is 2.21. The van der Waals surface area contributed by atoms with Gasteiger partial charge in [-0.05, 0) is 43.5 Å². The lowest BCUT2D eigenvalue weighted by Crippen LogP contribution is -2.43. The van der Waals surface area contributed by atoms with Crippen molar-refractivity contribution in [3.63, 3.8) is 0 Å². The van der Waals surface area contributed by atoms with Crippen molar-refractivity contribution in [2.75, 3.05) is 0 Å². The van der Waals surface area contributed by atoms with Crippen molar-refractivity contribution < 1.29 is 4.79 Å². The summed E-state index contributed by atoms with van der Waals surface area (Å²) in [4.78, 5) is 12.2. The number of carbonyl (C=O) groups excluding carboxylic acids is 1. The first-order chi connectivity index (χ1) is 9.37. The standard InChI is InChI=1S/C18H23NO/c1-13(17(20)19-18(2,3)4)12-15-10-7-9-14-8-5-6-11-16(14)15/h5-11,13H,12H2,1-4H3,(H,19,20). The Hall–Kier alpha value is -1.83. The van der Waals surface area contributed by atoms with E-state index in [1.807, 2.05) is 39.8 Å². The molecule has 0 aliphatic heterocycles. The van der Waals surface area contributed by atoms with Crippen LogP contribution in [-0.2, 0) is 11.2 Å². The lowest BCUT2D eigenvalue weighted by molar-refractivity contribution is -0.125. The maximum Gasteiger partial charge on any atom is 0.223 e. The number of rotatable bonds is 3. The zero-order valence-corrected chi connectivity index (χ0v) is 12.7. The normalized spacial score (nSPS) is 13.2. The second kappa shape index (κ2) is 5.66. The molecule has 0 saturated heterocycles. The van der Waals surface area contributed by atoms with Crippen molar-refractivity contribution in [3.8, 4) is 0 Å². The Morgan fingerprint density at radius 1 is 1.10 bits per heavy atom. The van der Waals surface area contributed by atoms with E-state index in [9.17, 15) is 4.79 Å². The van der Waals surface area contributed by atoms with E-state index in [2.05, 4.69) is 35.6 Å². The SMILES string of the molecule is CC(Cc1cccc2ccccc12)C(=O)NC(C)(C)C. The largest absolute Gasteiger partial charge is 0.351 e. The molecule has 2 heteroatoms. The molecule has 0 heterocycles. The average molecular weight is 269 g/mol. The highest BCUT2D eigenvalue weighted by atomic mass is 16.2. The van der Waals surface area contributed by atoms with Gasteiger partial charge in [0.25, 0.3) is 0 Å². The molecule has 2 aromatic carbocycles. The Morgan fingerprint density at radius 3 is 2.45 bits per heavy atom. The van der Waals surface area contributed by atoms with Crippen LogP contribution in [0.25, 0.3) is 10.8 Å². The van der Waals surface area contributed by atoms with Gasteiger partial charge in [-0.2, -0.15) is 0 Å². The van der Waals surface area contributed by atoms with E-state index in [1.165, 1.54) is 16.3 Å². The minimum Gasteiger partial charge on any atom is -0.351 e. The first kappa shape index (κ1) is 14.6. The van der Waals surface area contributed by atoms with E-state index in [1.54, 1.807) is 0 Å². The molecule has 0 saturated carbocycles. The monoisotopic (exact) mass is 269 g/mol. The smallest absolute Gasteiger partial charge is 0.223 e. The summed E-state index contributed by atoms with van der Waals surface area (Å²) in [7, 11) is 0. The number of fused-ring (bicyclic) bond motifs is 1. The van der Waals surface area contributed by atoms with Gasteiger partial charge >= 0.3 is 0 Å². The quantitative estimate of drug-likeness (QED) is 0.898. The Morgan fingerprint density at radius 2 is 1.75 bits per heavy atom. The molecule has 20 heavy (non-hydrogen) atoms. The van der Waals surface area contributed by atoms with Crippen molar-refractivity contribution in [1.29, 1.82) is 0 Å². The van der Waals surface area contributed by atoms with Crippen LogP contribution in [0.15, 0.2) is 42.5 Å². The number of hydrogen-bond acceptors (Lipinski definition) is 1. The first-order valence-corrected chi connectivity index (χ1v) is 7.15. The van der Waals surface area contributed by atoms with Crippen LogP contribution in [0.4, 0.5) is 0 Å². The molecular formula is C18H23NO. The van der Waals surface area contributed by atoms with Crippen LogP contribution in [0.1, 0.15) is 33.3 Å². The number of nitrogens with one attached hydrogen (secondary N) is 1. The van der Waals surface area contributed by atoms with E-state index < -0.39 is 0 Å². The molecule has 1 amide bonds. The van der Waals surface area contributed by atoms with Crippen LogP contribution in [0, 0.1) is 5.92 Å². The Bertz CT molecular complexity index is 605. The Kier molecular flexibility index (Phi) is 4.12. The average Bonchev–Trinajstić information content (AvgIpc) is 2.37. The molecule has 1 unspecified atom stereocenters. The number of benzene rings is 2. The lowest BCUT2D eigenvalue weighted by atomic mass is 9.94. The molecule has 0 bridgehead atoms. The fraction of sp³-hybridized carbons (Fsp3) is 0.389. The molecule has 0 spiro atoms. The van der Waals surface area contributed by atoms with Crippen molar-refractivity contribution >= 4 is 16.7 Å². The molecule has 0 fully saturated rings. The predicted molar refractivity (Wildman–Crippen MR) is 84.7 cm³/mol. The van der Waals surface area contributed by atoms with Crippen LogP contribution in [0.5, 0.6) is 0 Å². The molecule has 1 N–H and O–H groups in total. The summed E-state index contributed by atoms with van der Waals surface area (Å²) < 4.78 is 0. The number of carbonyl (C=O) groups is 1. The van der Waals surface area contributed by atoms with Gasteiger partial charge in [-0.3, -0.25) is 4.79 Å². The van der Waals surface area contributed by atoms with E-state index in [0.717, 1.165) is 6.42 Å². The molecular weight excluding hydrogens is 246 g/mol. The van der Waals surface area contributed by atoms with Gasteiger partial charge in [-0.1, -0.05) is 49.4 Å². The van der Waals surface area contributed by atoms with Crippen LogP contribution < -0.4 is 5.32 Å². The molecule has 0 aliphatic carbocycles. The summed E-state index contributed by atoms with van der Waals surface area (Å²) in [6.45, 7) is 8.02. The zero-order chi connectivity index (χ0) is 14.8. The lowest BCUT2D eigenvalue weighted by Gasteiger charge is -2.23. The minimum atomic E-state index is -0.176. The third kappa shape index (κ3) is 3.60. The highest BCUT2D eigenvalue weighted by molar-refractivity contribution is 5.86. The molecule has 2 aromatic rings. The molecule has 1 atom stereocenters. The second-order valence-electron chi connectivity index (χ2n) is 6.48. The van der Waals surface area contributed by atoms with Crippen LogP contribution in [0.3, 0.4) is 0 Å². The van der Waals surface area contributed by atoms with Crippen LogP contribution >= 0.6 is 0 Å². The molecule has 2 nitrogen and oxygen atoms in total. The third-order valence-corrected chi connectivity index (χ3v) is 3.35. The van der Waals surface area contributed by atoms with E-state index >= 15 is 0 Å². The van der Waals surface area contributed by atoms with E-state index in [4.69, 9.17) is 0 Å². The summed E-state index contributed by atoms with van der Waals surface area (Å²) in [5.74, 6) is 0.0884. The summed E-state index contributed by atoms with van der Waals surface area (Å²) in [6, 6.07) is 14.6. The molecule has 0 radical (unpaired) electrons. The first-order valence-electron chi connectivity index (χ1n) is 7.15. The van der Waals surface area contributed by atoms with E-state index in [0.29, 0.717) is 0 Å². The molecule has 0 aliphatic rings. The van der Waals surface area contributed by atoms with Gasteiger partial charge < -0.3 is 5.32 Å². The minimum absolute atomic E-state index is 0.0277. The molecule has 106 valence electrons. The van der Waals surface area contributed by atoms with Gasteiger partial charge in [-0.15, -0.1) is 0 Å². The fourth-order valence-corrected chi connectivity index (χ4v) is 2.39. The van der Waals surface area contributed by atoms with Gasteiger partial charge in [0.15, 0.2) is 0 Å². The molecule has 0 aromatic heterocycles. The van der Waals surface area contributed by atoms with Crippen molar-refractivity contribution in [2.45, 2.75) is 39.7 Å². The summed E-state index contributed by atoms with van der Waals surface area (Å²) in [6.07, 6.45) is 0.767. The Balaban J connectivity index is 2.18. The zero-order valence-electron chi connectivity index (χ0n) is 12.7. The van der Waals surface area contributed by atoms with Crippen molar-refractivity contribution in [2.24, 2.45) is 5.92 Å². The van der Waals surface area contributed by atoms with E-state index in [-0.39, 0.29) is 17.4 Å². The highest BCUT2D eigenvalue weighted by Gasteiger charge is 2.19. The maximum atomic E-state index is 12.2. The van der Waals surface area contributed by atoms with Gasteiger partial charge in [-0.25, -0.2) is 0 Å². The van der Waals surface area contributed by atoms with Crippen LogP contribution in [0.2, 0.25) is 0 Å². The summed E-state index contributed by atoms with van der Waals surface area (Å²) in [5.41, 5.74) is 1.06. The third-order valence-electron chi connectivity index (χ3n) is 3.35. The summed E-state index contributed by atoms with van der Waals surface area (Å²) >= 11 is 0. The fourth-order valence-electron chi connectivity index (χ4n) is 2.39. The van der Waals surface area contributed by atoms with Gasteiger partial charge in [0.05, 0.1) is 0 Å². The van der Waals surface area contributed by atoms with Gasteiger partial charge in [0.2, 0.25) is 5.91 Å². The van der Waals surface area contributed by atoms with Crippen LogP contribution in [-0.4, -0.2) is 11.4 Å². The van der Waals surface area contributed by atoms with Gasteiger partial charge in [0, 0.05) is 11.5 Å². The number of hydrogen-bond donors (Lipinski definition) is 1.